The fourth-order valence-electron chi connectivity index (χ4n) is 2.10. The van der Waals surface area contributed by atoms with Gasteiger partial charge in [-0.05, 0) is 40.2 Å². The van der Waals surface area contributed by atoms with Gasteiger partial charge in [0.2, 0.25) is 0 Å². The summed E-state index contributed by atoms with van der Waals surface area (Å²) in [5, 5.41) is 0. The molecule has 1 fully saturated rings. The molecule has 3 rings (SSSR count). The van der Waals surface area contributed by atoms with E-state index in [2.05, 4.69) is 30.8 Å². The quantitative estimate of drug-likeness (QED) is 0.868. The Kier molecular flexibility index (Phi) is 3.64. The van der Waals surface area contributed by atoms with Crippen molar-refractivity contribution in [3.05, 3.63) is 47.3 Å². The lowest BCUT2D eigenvalue weighted by Crippen LogP contribution is -2.49. The molecule has 1 aliphatic heterocycles. The summed E-state index contributed by atoms with van der Waals surface area (Å²) in [7, 11) is 0. The SMILES string of the molecule is Brc1cccnc1N1CC(COc2cccnc2)C1. The van der Waals surface area contributed by atoms with E-state index in [0.29, 0.717) is 5.92 Å². The Hall–Kier alpha value is -1.62. The first-order chi connectivity index (χ1) is 9.33. The molecule has 2 aromatic heterocycles. The predicted octanol–water partition coefficient (Wildman–Crippen LogP) is 2.75. The van der Waals surface area contributed by atoms with Crippen LogP contribution in [-0.2, 0) is 0 Å². The number of aromatic nitrogens is 2. The monoisotopic (exact) mass is 319 g/mol. The van der Waals surface area contributed by atoms with E-state index in [1.54, 1.807) is 12.4 Å². The van der Waals surface area contributed by atoms with Gasteiger partial charge in [0.15, 0.2) is 0 Å². The second kappa shape index (κ2) is 5.57. The third-order valence-corrected chi connectivity index (χ3v) is 3.73. The fourth-order valence-corrected chi connectivity index (χ4v) is 2.61. The van der Waals surface area contributed by atoms with E-state index in [1.165, 1.54) is 0 Å². The van der Waals surface area contributed by atoms with Crippen molar-refractivity contribution in [2.45, 2.75) is 0 Å². The second-order valence-corrected chi connectivity index (χ2v) is 5.43. The average Bonchev–Trinajstić information content (AvgIpc) is 2.40. The number of halogens is 1. The number of hydrogen-bond donors (Lipinski definition) is 0. The molecule has 0 aliphatic carbocycles. The number of ether oxygens (including phenoxy) is 1. The Labute approximate surface area is 120 Å². The molecule has 1 aliphatic rings. The largest absolute Gasteiger partial charge is 0.492 e. The average molecular weight is 320 g/mol. The van der Waals surface area contributed by atoms with Gasteiger partial charge in [0.05, 0.1) is 17.3 Å². The molecule has 0 N–H and O–H groups in total. The highest BCUT2D eigenvalue weighted by molar-refractivity contribution is 9.10. The topological polar surface area (TPSA) is 38.2 Å². The molecule has 5 heteroatoms. The van der Waals surface area contributed by atoms with Crippen LogP contribution in [-0.4, -0.2) is 29.7 Å². The van der Waals surface area contributed by atoms with Crippen LogP contribution >= 0.6 is 15.9 Å². The lowest BCUT2D eigenvalue weighted by atomic mass is 10.0. The Morgan fingerprint density at radius 1 is 1.26 bits per heavy atom. The molecule has 0 spiro atoms. The molecule has 3 heterocycles. The predicted molar refractivity (Wildman–Crippen MR) is 77.4 cm³/mol. The smallest absolute Gasteiger partial charge is 0.142 e. The van der Waals surface area contributed by atoms with E-state index >= 15 is 0 Å². The van der Waals surface area contributed by atoms with Gasteiger partial charge in [0, 0.05) is 31.4 Å². The molecule has 0 radical (unpaired) electrons. The second-order valence-electron chi connectivity index (χ2n) is 4.58. The van der Waals surface area contributed by atoms with Gasteiger partial charge in [0.25, 0.3) is 0 Å². The number of nitrogens with zero attached hydrogens (tertiary/aromatic N) is 3. The van der Waals surface area contributed by atoms with Gasteiger partial charge in [-0.3, -0.25) is 4.98 Å². The molecule has 0 saturated carbocycles. The summed E-state index contributed by atoms with van der Waals surface area (Å²) in [6.07, 6.45) is 5.31. The van der Waals surface area contributed by atoms with Gasteiger partial charge >= 0.3 is 0 Å². The highest BCUT2D eigenvalue weighted by Crippen LogP contribution is 2.29. The maximum Gasteiger partial charge on any atom is 0.142 e. The molecule has 19 heavy (non-hydrogen) atoms. The zero-order valence-electron chi connectivity index (χ0n) is 10.4. The van der Waals surface area contributed by atoms with Crippen molar-refractivity contribution in [2.24, 2.45) is 5.92 Å². The molecule has 0 bridgehead atoms. The van der Waals surface area contributed by atoms with Crippen LogP contribution in [0.3, 0.4) is 0 Å². The molecular weight excluding hydrogens is 306 g/mol. The van der Waals surface area contributed by atoms with Crippen molar-refractivity contribution in [1.29, 1.82) is 0 Å². The van der Waals surface area contributed by atoms with E-state index < -0.39 is 0 Å². The maximum absolute atomic E-state index is 5.70. The molecular formula is C14H14BrN3O. The minimum atomic E-state index is 0.550. The van der Waals surface area contributed by atoms with Crippen LogP contribution in [0, 0.1) is 5.92 Å². The zero-order valence-corrected chi connectivity index (χ0v) is 12.0. The Balaban J connectivity index is 1.50. The van der Waals surface area contributed by atoms with Crippen molar-refractivity contribution in [2.75, 3.05) is 24.6 Å². The summed E-state index contributed by atoms with van der Waals surface area (Å²) in [5.41, 5.74) is 0. The lowest BCUT2D eigenvalue weighted by molar-refractivity contribution is 0.219. The lowest BCUT2D eigenvalue weighted by Gasteiger charge is -2.40. The molecule has 0 unspecified atom stereocenters. The number of rotatable bonds is 4. The molecule has 0 atom stereocenters. The Morgan fingerprint density at radius 2 is 2.11 bits per heavy atom. The van der Waals surface area contributed by atoms with Crippen molar-refractivity contribution >= 4 is 21.7 Å². The van der Waals surface area contributed by atoms with Gasteiger partial charge in [-0.2, -0.15) is 0 Å². The summed E-state index contributed by atoms with van der Waals surface area (Å²) in [6, 6.07) is 7.75. The standard InChI is InChI=1S/C14H14BrN3O/c15-13-4-2-6-17-14(13)18-8-11(9-18)10-19-12-3-1-5-16-7-12/h1-7,11H,8-10H2. The first kappa shape index (κ1) is 12.4. The van der Waals surface area contributed by atoms with E-state index in [4.69, 9.17) is 4.74 Å². The summed E-state index contributed by atoms with van der Waals surface area (Å²) >= 11 is 3.52. The fraction of sp³-hybridized carbons (Fsp3) is 0.286. The Morgan fingerprint density at radius 3 is 2.84 bits per heavy atom. The van der Waals surface area contributed by atoms with Crippen LogP contribution in [0.5, 0.6) is 5.75 Å². The van der Waals surface area contributed by atoms with Crippen molar-refractivity contribution in [1.82, 2.24) is 9.97 Å². The molecule has 0 aromatic carbocycles. The first-order valence-corrected chi connectivity index (χ1v) is 7.00. The summed E-state index contributed by atoms with van der Waals surface area (Å²) in [4.78, 5) is 10.7. The van der Waals surface area contributed by atoms with Crippen LogP contribution in [0.25, 0.3) is 0 Å². The maximum atomic E-state index is 5.70. The number of pyridine rings is 2. The van der Waals surface area contributed by atoms with Crippen molar-refractivity contribution < 1.29 is 4.74 Å². The van der Waals surface area contributed by atoms with E-state index in [9.17, 15) is 0 Å². The summed E-state index contributed by atoms with van der Waals surface area (Å²) < 4.78 is 6.75. The number of anilines is 1. The van der Waals surface area contributed by atoms with Gasteiger partial charge in [-0.15, -0.1) is 0 Å². The Bertz CT molecular complexity index is 543. The van der Waals surface area contributed by atoms with Gasteiger partial charge < -0.3 is 9.64 Å². The summed E-state index contributed by atoms with van der Waals surface area (Å²) in [5.74, 6) is 2.40. The highest BCUT2D eigenvalue weighted by Gasteiger charge is 2.29. The number of hydrogen-bond acceptors (Lipinski definition) is 4. The van der Waals surface area contributed by atoms with Crippen molar-refractivity contribution in [3.63, 3.8) is 0 Å². The van der Waals surface area contributed by atoms with E-state index in [-0.39, 0.29) is 0 Å². The van der Waals surface area contributed by atoms with Crippen LogP contribution in [0.15, 0.2) is 47.3 Å². The minimum absolute atomic E-state index is 0.550. The molecule has 1 saturated heterocycles. The molecule has 4 nitrogen and oxygen atoms in total. The first-order valence-electron chi connectivity index (χ1n) is 6.21. The highest BCUT2D eigenvalue weighted by atomic mass is 79.9. The van der Waals surface area contributed by atoms with Crippen LogP contribution in [0.2, 0.25) is 0 Å². The third kappa shape index (κ3) is 2.87. The van der Waals surface area contributed by atoms with Crippen LogP contribution < -0.4 is 9.64 Å². The van der Waals surface area contributed by atoms with Crippen LogP contribution in [0.4, 0.5) is 5.82 Å². The van der Waals surface area contributed by atoms with E-state index in [0.717, 1.165) is 35.7 Å². The molecule has 0 amide bonds. The third-order valence-electron chi connectivity index (χ3n) is 3.12. The van der Waals surface area contributed by atoms with Crippen molar-refractivity contribution in [3.8, 4) is 5.75 Å². The summed E-state index contributed by atoms with van der Waals surface area (Å²) in [6.45, 7) is 2.69. The van der Waals surface area contributed by atoms with Gasteiger partial charge in [-0.25, -0.2) is 4.98 Å². The van der Waals surface area contributed by atoms with E-state index in [1.807, 2.05) is 30.5 Å². The van der Waals surface area contributed by atoms with Gasteiger partial charge in [0.1, 0.15) is 11.6 Å². The molecule has 2 aromatic rings. The molecule has 98 valence electrons. The minimum Gasteiger partial charge on any atom is -0.492 e. The zero-order chi connectivity index (χ0) is 13.1. The normalized spacial score (nSPS) is 15.1. The van der Waals surface area contributed by atoms with Gasteiger partial charge in [-0.1, -0.05) is 0 Å². The van der Waals surface area contributed by atoms with Crippen LogP contribution in [0.1, 0.15) is 0 Å².